The molecule has 1 aromatic carbocycles. The number of pyridine rings is 1. The Morgan fingerprint density at radius 2 is 1.60 bits per heavy atom. The van der Waals surface area contributed by atoms with Crippen LogP contribution in [0.25, 0.3) is 0 Å². The number of carbonyl (C=O) groups is 4. The maximum absolute atomic E-state index is 13.4. The molecule has 1 saturated carbocycles. The third-order valence-electron chi connectivity index (χ3n) is 12.3. The van der Waals surface area contributed by atoms with Crippen LogP contribution in [0.5, 0.6) is 5.75 Å². The third kappa shape index (κ3) is 16.8. The first kappa shape index (κ1) is 59.6. The number of aliphatic hydroxyl groups is 4. The van der Waals surface area contributed by atoms with Gasteiger partial charge in [0.15, 0.2) is 24.7 Å². The zero-order valence-corrected chi connectivity index (χ0v) is 42.7. The number of unbranched alkanes of at least 4 members (excludes halogenated alkanes) is 5. The van der Waals surface area contributed by atoms with Gasteiger partial charge in [0.25, 0.3) is 11.8 Å². The second kappa shape index (κ2) is 28.8. The van der Waals surface area contributed by atoms with Crippen molar-refractivity contribution >= 4 is 48.9 Å². The first-order chi connectivity index (χ1) is 31.5. The van der Waals surface area contributed by atoms with E-state index in [4.69, 9.17) is 26.9 Å². The molecular formula is C48H66BN6O12U+. The average molecular weight is 1170 g/mol. The van der Waals surface area contributed by atoms with Gasteiger partial charge in [-0.3, -0.25) is 24.1 Å². The number of anilines is 1. The van der Waals surface area contributed by atoms with Gasteiger partial charge in [-0.05, 0) is 69.2 Å². The smallest absolute Gasteiger partial charge is 0.373 e. The Labute approximate surface area is 423 Å². The second-order valence-electron chi connectivity index (χ2n) is 17.6. The molecule has 20 heteroatoms. The van der Waals surface area contributed by atoms with Crippen molar-refractivity contribution in [1.29, 1.82) is 5.26 Å². The normalized spacial score (nSPS) is 20.4. The van der Waals surface area contributed by atoms with Crippen molar-refractivity contribution < 1.29 is 94.3 Å². The van der Waals surface area contributed by atoms with Gasteiger partial charge in [0.2, 0.25) is 18.4 Å². The first-order valence-corrected chi connectivity index (χ1v) is 22.3. The first-order valence-electron chi connectivity index (χ1n) is 22.3. The van der Waals surface area contributed by atoms with Gasteiger partial charge in [0.05, 0.1) is 30.9 Å². The zero-order chi connectivity index (χ0) is 48.4. The number of aromatic nitrogens is 1. The number of hydrogen-bond donors (Lipinski definition) is 5. The van der Waals surface area contributed by atoms with Gasteiger partial charge in [0.1, 0.15) is 31.9 Å². The molecule has 5 N–H and O–H groups in total. The number of Topliss-reactive ketones (excluding diaryl/α,β-unsaturated/α-hetero) is 1. The van der Waals surface area contributed by atoms with Gasteiger partial charge in [-0.25, -0.2) is 4.57 Å². The van der Waals surface area contributed by atoms with Crippen LogP contribution in [0, 0.1) is 54.9 Å². The second-order valence-corrected chi connectivity index (χ2v) is 17.6. The van der Waals surface area contributed by atoms with Crippen LogP contribution in [-0.4, -0.2) is 137 Å². The van der Waals surface area contributed by atoms with E-state index in [2.05, 4.69) is 10.3 Å². The number of aliphatic imine (C=N–C) groups is 1. The summed E-state index contributed by atoms with van der Waals surface area (Å²) in [5.41, 5.74) is 1.39. The summed E-state index contributed by atoms with van der Waals surface area (Å²) < 4.78 is 13.5. The van der Waals surface area contributed by atoms with Crippen molar-refractivity contribution in [3.05, 3.63) is 65.5 Å². The Kier molecular flexibility index (Phi) is 25.2. The minimum Gasteiger partial charge on any atom is -0.460 e. The van der Waals surface area contributed by atoms with Crippen molar-refractivity contribution in [1.82, 2.24) is 9.80 Å². The van der Waals surface area contributed by atoms with Crippen LogP contribution >= 0.6 is 0 Å². The van der Waals surface area contributed by atoms with E-state index >= 15 is 0 Å². The summed E-state index contributed by atoms with van der Waals surface area (Å²) in [5, 5.41) is 53.1. The molecule has 1 aromatic heterocycles. The predicted molar refractivity (Wildman–Crippen MR) is 245 cm³/mol. The standard InChI is InChI=1S/C46H62BN6O10.CO2.CH4.U/c1-31-22-33(24-35(43(31)63-44-42(61)41(60)36(55)27-62-44)49-25-37(56)45(2,47)53-39(58)14-15-40(53)59)26-52-20-16-32(17-21-52)23-34(50-30-48)12-8-6-4-5-7-9-13-38(57)51(3)28-46(29-54)18-10-11-19-46;2-1-3;;/h14-17,20-22,24,36,41-42,44,49,54-55,60-61H,4-13,18-19,23,25-29H2,1-3H3;;1H4;/q+1;;;/t36?,41-,42-,44?,45?;;;/m0.../s1. The fourth-order valence-corrected chi connectivity index (χ4v) is 8.56. The molecule has 1 aliphatic carbocycles. The fourth-order valence-electron chi connectivity index (χ4n) is 8.56. The number of aryl methyl sites for hydroxylation is 1. The molecule has 18 nitrogen and oxygen atoms in total. The SMILES string of the molecule is C.O=C=O.[B]C(C)(C(=O)CNc1cc(C[n+]2ccc(CC(CCCCCCCCC(=O)N(C)CC3(CO)CCCC3)=NC#N)cc2)cc(C)c1OC1OCC(O)[C@H](O)[C@@H]1O)N1C(=O)C=CC1=O.[U]. The summed E-state index contributed by atoms with van der Waals surface area (Å²) in [6.07, 6.45) is 14.1. The summed E-state index contributed by atoms with van der Waals surface area (Å²) in [7, 11) is 8.08. The predicted octanol–water partition coefficient (Wildman–Crippen LogP) is 2.59. The number of rotatable bonds is 23. The molecule has 2 radical (unpaired) electrons. The largest absolute Gasteiger partial charge is 0.460 e. The number of nitrogens with zero attached hydrogens (tertiary/aromatic N) is 5. The van der Waals surface area contributed by atoms with Crippen LogP contribution in [-0.2, 0) is 46.5 Å². The Morgan fingerprint density at radius 3 is 2.19 bits per heavy atom. The van der Waals surface area contributed by atoms with Crippen molar-refractivity contribution in [3.8, 4) is 11.9 Å². The van der Waals surface area contributed by atoms with Crippen LogP contribution < -0.4 is 14.6 Å². The van der Waals surface area contributed by atoms with E-state index in [-0.39, 0.29) is 75.0 Å². The molecule has 0 spiro atoms. The van der Waals surface area contributed by atoms with Crippen LogP contribution in [0.4, 0.5) is 5.69 Å². The third-order valence-corrected chi connectivity index (χ3v) is 12.3. The molecule has 2 aromatic rings. The molecule has 5 rings (SSSR count). The van der Waals surface area contributed by atoms with Gasteiger partial charge >= 0.3 is 6.15 Å². The molecule has 3 unspecified atom stereocenters. The van der Waals surface area contributed by atoms with Gasteiger partial charge in [0, 0.05) is 98.5 Å². The van der Waals surface area contributed by atoms with E-state index < -0.39 is 54.2 Å². The number of hydrogen-bond acceptors (Lipinski definition) is 15. The number of ether oxygens (including phenoxy) is 2. The van der Waals surface area contributed by atoms with Gasteiger partial charge < -0.3 is 40.1 Å². The summed E-state index contributed by atoms with van der Waals surface area (Å²) in [6, 6.07) is 7.51. The van der Waals surface area contributed by atoms with E-state index in [0.29, 0.717) is 48.5 Å². The van der Waals surface area contributed by atoms with Crippen LogP contribution in [0.2, 0.25) is 0 Å². The number of amides is 3. The molecule has 366 valence electrons. The van der Waals surface area contributed by atoms with Crippen molar-refractivity contribution in [2.24, 2.45) is 10.4 Å². The number of ketones is 1. The molecule has 1 saturated heterocycles. The topological polar surface area (TPSA) is 260 Å². The van der Waals surface area contributed by atoms with Crippen LogP contribution in [0.1, 0.15) is 108 Å². The Hall–Kier alpha value is -4.55. The number of imide groups is 1. The quantitative estimate of drug-likeness (QED) is 0.0268. The van der Waals surface area contributed by atoms with E-state index in [0.717, 1.165) is 93.2 Å². The summed E-state index contributed by atoms with van der Waals surface area (Å²) >= 11 is 0. The summed E-state index contributed by atoms with van der Waals surface area (Å²) in [4.78, 5) is 73.6. The van der Waals surface area contributed by atoms with E-state index in [1.165, 1.54) is 6.92 Å². The number of benzene rings is 1. The maximum atomic E-state index is 13.4. The fraction of sp³-hybridized carbons (Fsp3) is 0.583. The number of aliphatic hydroxyl groups excluding tert-OH is 4. The number of nitriles is 1. The van der Waals surface area contributed by atoms with Gasteiger partial charge in [-0.15, -0.1) is 0 Å². The van der Waals surface area contributed by atoms with Crippen molar-refractivity contribution in [2.75, 3.05) is 38.7 Å². The molecule has 0 bridgehead atoms. The van der Waals surface area contributed by atoms with Gasteiger partial charge in [-0.1, -0.05) is 46.0 Å². The molecule has 3 amide bonds. The molecule has 5 atom stereocenters. The van der Waals surface area contributed by atoms with E-state index in [1.807, 2.05) is 48.4 Å². The minimum absolute atomic E-state index is 0. The number of carbonyl (C=O) groups excluding carboxylic acids is 6. The zero-order valence-electron chi connectivity index (χ0n) is 38.5. The Bertz CT molecular complexity index is 2120. The van der Waals surface area contributed by atoms with E-state index in [9.17, 15) is 44.9 Å². The number of nitrogens with one attached hydrogen (secondary N) is 1. The minimum atomic E-state index is -1.96. The van der Waals surface area contributed by atoms with Crippen molar-refractivity contribution in [3.63, 3.8) is 0 Å². The Balaban J connectivity index is 0.00000309. The van der Waals surface area contributed by atoms with Crippen LogP contribution in [0.15, 0.2) is 53.8 Å². The monoisotopic (exact) mass is 1170 g/mol. The Morgan fingerprint density at radius 1 is 1.01 bits per heavy atom. The maximum Gasteiger partial charge on any atom is 0.373 e. The van der Waals surface area contributed by atoms with Crippen LogP contribution in [0.3, 0.4) is 0 Å². The molecule has 2 fully saturated rings. The van der Waals surface area contributed by atoms with Crippen molar-refractivity contribution in [2.45, 2.75) is 141 Å². The average Bonchev–Trinajstić information content (AvgIpc) is 3.90. The van der Waals surface area contributed by atoms with E-state index in [1.54, 1.807) is 17.9 Å². The summed E-state index contributed by atoms with van der Waals surface area (Å²) in [6.45, 7) is 3.49. The van der Waals surface area contributed by atoms with Gasteiger partial charge in [-0.2, -0.15) is 19.8 Å². The molecule has 3 aliphatic rings. The summed E-state index contributed by atoms with van der Waals surface area (Å²) in [5.74, 6) is -1.74. The molecular weight excluding hydrogens is 1100 g/mol. The molecule has 3 heterocycles. The molecule has 68 heavy (non-hydrogen) atoms. The molecule has 2 aliphatic heterocycles.